The van der Waals surface area contributed by atoms with Gasteiger partial charge in [-0.15, -0.1) is 11.3 Å². The Balaban J connectivity index is 1.97. The van der Waals surface area contributed by atoms with Crippen molar-refractivity contribution in [1.82, 2.24) is 10.3 Å². The summed E-state index contributed by atoms with van der Waals surface area (Å²) in [6, 6.07) is 0. The van der Waals surface area contributed by atoms with Crippen molar-refractivity contribution in [3.63, 3.8) is 0 Å². The molecule has 1 atom stereocenters. The van der Waals surface area contributed by atoms with Gasteiger partial charge in [-0.25, -0.2) is 4.98 Å². The molecule has 1 saturated heterocycles. The van der Waals surface area contributed by atoms with Crippen LogP contribution in [0.1, 0.15) is 43.7 Å². The first-order valence-electron chi connectivity index (χ1n) is 7.16. The normalized spacial score (nSPS) is 19.7. The van der Waals surface area contributed by atoms with Crippen LogP contribution in [-0.4, -0.2) is 24.6 Å². The molecule has 18 heavy (non-hydrogen) atoms. The minimum absolute atomic E-state index is 0.886. The third kappa shape index (κ3) is 3.23. The Morgan fingerprint density at radius 1 is 1.44 bits per heavy atom. The smallest absolute Gasteiger partial charge is 0.185 e. The van der Waals surface area contributed by atoms with Gasteiger partial charge in [0, 0.05) is 24.5 Å². The molecule has 1 aromatic rings. The first-order chi connectivity index (χ1) is 8.74. The number of hydrogen-bond acceptors (Lipinski definition) is 4. The Morgan fingerprint density at radius 3 is 3.00 bits per heavy atom. The zero-order chi connectivity index (χ0) is 13.0. The lowest BCUT2D eigenvalue weighted by atomic mass is 10.0. The maximum absolute atomic E-state index is 4.74. The van der Waals surface area contributed by atoms with Crippen LogP contribution in [0.15, 0.2) is 0 Å². The monoisotopic (exact) mass is 267 g/mol. The zero-order valence-corrected chi connectivity index (χ0v) is 12.6. The van der Waals surface area contributed by atoms with Gasteiger partial charge < -0.3 is 10.2 Å². The number of aromatic nitrogens is 1. The van der Waals surface area contributed by atoms with Gasteiger partial charge in [0.25, 0.3) is 0 Å². The fraction of sp³-hybridized carbons (Fsp3) is 0.786. The van der Waals surface area contributed by atoms with E-state index in [1.165, 1.54) is 48.1 Å². The molecule has 1 aliphatic rings. The number of nitrogens with zero attached hydrogens (tertiary/aromatic N) is 2. The zero-order valence-electron chi connectivity index (χ0n) is 11.8. The van der Waals surface area contributed by atoms with E-state index in [2.05, 4.69) is 31.0 Å². The predicted molar refractivity (Wildman–Crippen MR) is 79.5 cm³/mol. The van der Waals surface area contributed by atoms with Gasteiger partial charge in [0.05, 0.1) is 5.69 Å². The molecule has 0 amide bonds. The number of nitrogens with one attached hydrogen (secondary N) is 1. The molecule has 1 aliphatic heterocycles. The van der Waals surface area contributed by atoms with Crippen LogP contribution in [0.3, 0.4) is 0 Å². The molecule has 0 bridgehead atoms. The number of aryl methyl sites for hydroxylation is 1. The third-order valence-electron chi connectivity index (χ3n) is 3.67. The van der Waals surface area contributed by atoms with Crippen molar-refractivity contribution in [1.29, 1.82) is 0 Å². The second-order valence-electron chi connectivity index (χ2n) is 5.17. The third-order valence-corrected chi connectivity index (χ3v) is 4.89. The first-order valence-corrected chi connectivity index (χ1v) is 7.98. The highest BCUT2D eigenvalue weighted by molar-refractivity contribution is 7.15. The van der Waals surface area contributed by atoms with Crippen LogP contribution >= 0.6 is 11.3 Å². The van der Waals surface area contributed by atoms with E-state index in [4.69, 9.17) is 4.98 Å². The Morgan fingerprint density at radius 2 is 2.28 bits per heavy atom. The summed E-state index contributed by atoms with van der Waals surface area (Å²) < 4.78 is 0. The topological polar surface area (TPSA) is 28.2 Å². The maximum Gasteiger partial charge on any atom is 0.185 e. The van der Waals surface area contributed by atoms with Gasteiger partial charge in [0.15, 0.2) is 5.13 Å². The Bertz CT molecular complexity index is 375. The summed E-state index contributed by atoms with van der Waals surface area (Å²) in [5.41, 5.74) is 1.20. The summed E-state index contributed by atoms with van der Waals surface area (Å²) in [4.78, 5) is 8.62. The minimum Gasteiger partial charge on any atom is -0.348 e. The molecule has 0 spiro atoms. The van der Waals surface area contributed by atoms with Crippen LogP contribution in [0.2, 0.25) is 0 Å². The fourth-order valence-electron chi connectivity index (χ4n) is 2.60. The van der Waals surface area contributed by atoms with Crippen molar-refractivity contribution in [2.24, 2.45) is 5.92 Å². The van der Waals surface area contributed by atoms with Gasteiger partial charge in [0.2, 0.25) is 0 Å². The van der Waals surface area contributed by atoms with Crippen LogP contribution in [0.4, 0.5) is 5.13 Å². The molecule has 0 aromatic carbocycles. The van der Waals surface area contributed by atoms with E-state index >= 15 is 0 Å². The summed E-state index contributed by atoms with van der Waals surface area (Å²) >= 11 is 1.87. The molecular formula is C14H25N3S. The molecule has 3 nitrogen and oxygen atoms in total. The van der Waals surface area contributed by atoms with E-state index in [1.807, 2.05) is 11.3 Å². The highest BCUT2D eigenvalue weighted by atomic mass is 32.1. The van der Waals surface area contributed by atoms with Crippen LogP contribution in [0, 0.1) is 12.8 Å². The van der Waals surface area contributed by atoms with Gasteiger partial charge in [-0.05, 0) is 32.2 Å². The Hall–Kier alpha value is -0.610. The quantitative estimate of drug-likeness (QED) is 0.858. The molecule has 0 saturated carbocycles. The van der Waals surface area contributed by atoms with Crippen LogP contribution in [0.25, 0.3) is 0 Å². The Labute approximate surface area is 115 Å². The molecule has 2 rings (SSSR count). The summed E-state index contributed by atoms with van der Waals surface area (Å²) in [5.74, 6) is 0.886. The SMILES string of the molecule is CCCC1CCN(c2nc(C)c(CNCC)s2)C1. The maximum atomic E-state index is 4.74. The lowest BCUT2D eigenvalue weighted by Crippen LogP contribution is -2.19. The van der Waals surface area contributed by atoms with E-state index in [0.29, 0.717) is 0 Å². The molecule has 0 radical (unpaired) electrons. The van der Waals surface area contributed by atoms with Gasteiger partial charge in [0.1, 0.15) is 0 Å². The van der Waals surface area contributed by atoms with Crippen molar-refractivity contribution in [3.8, 4) is 0 Å². The van der Waals surface area contributed by atoms with Crippen molar-refractivity contribution < 1.29 is 0 Å². The van der Waals surface area contributed by atoms with Gasteiger partial charge >= 0.3 is 0 Å². The molecule has 0 aliphatic carbocycles. The van der Waals surface area contributed by atoms with Crippen LogP contribution < -0.4 is 10.2 Å². The lowest BCUT2D eigenvalue weighted by molar-refractivity contribution is 0.530. The molecule has 1 aromatic heterocycles. The predicted octanol–water partition coefficient (Wildman–Crippen LogP) is 3.19. The highest BCUT2D eigenvalue weighted by Crippen LogP contribution is 2.31. The van der Waals surface area contributed by atoms with Gasteiger partial charge in [-0.3, -0.25) is 0 Å². The average molecular weight is 267 g/mol. The molecule has 2 heterocycles. The van der Waals surface area contributed by atoms with E-state index < -0.39 is 0 Å². The van der Waals surface area contributed by atoms with E-state index in [0.717, 1.165) is 19.0 Å². The standard InChI is InChI=1S/C14H25N3S/c1-4-6-12-7-8-17(10-12)14-16-11(3)13(18-14)9-15-5-2/h12,15H,4-10H2,1-3H3. The second kappa shape index (κ2) is 6.53. The highest BCUT2D eigenvalue weighted by Gasteiger charge is 2.24. The minimum atomic E-state index is 0.886. The number of anilines is 1. The molecule has 1 N–H and O–H groups in total. The van der Waals surface area contributed by atoms with Crippen LogP contribution in [0.5, 0.6) is 0 Å². The summed E-state index contributed by atoms with van der Waals surface area (Å²) in [5, 5.41) is 4.63. The molecule has 1 unspecified atom stereocenters. The fourth-order valence-corrected chi connectivity index (χ4v) is 3.67. The average Bonchev–Trinajstić information content (AvgIpc) is 2.94. The van der Waals surface area contributed by atoms with Crippen molar-refractivity contribution in [3.05, 3.63) is 10.6 Å². The molecule has 4 heteroatoms. The van der Waals surface area contributed by atoms with E-state index in [-0.39, 0.29) is 0 Å². The van der Waals surface area contributed by atoms with Crippen LogP contribution in [-0.2, 0) is 6.54 Å². The molecular weight excluding hydrogens is 242 g/mol. The van der Waals surface area contributed by atoms with Crippen molar-refractivity contribution in [2.75, 3.05) is 24.5 Å². The van der Waals surface area contributed by atoms with E-state index in [9.17, 15) is 0 Å². The first kappa shape index (κ1) is 13.8. The summed E-state index contributed by atoms with van der Waals surface area (Å²) in [7, 11) is 0. The number of thiazole rings is 1. The van der Waals surface area contributed by atoms with Crippen molar-refractivity contribution >= 4 is 16.5 Å². The second-order valence-corrected chi connectivity index (χ2v) is 6.24. The van der Waals surface area contributed by atoms with Gasteiger partial charge in [-0.2, -0.15) is 0 Å². The van der Waals surface area contributed by atoms with E-state index in [1.54, 1.807) is 0 Å². The largest absolute Gasteiger partial charge is 0.348 e. The number of hydrogen-bond donors (Lipinski definition) is 1. The number of rotatable bonds is 6. The van der Waals surface area contributed by atoms with Gasteiger partial charge in [-0.1, -0.05) is 20.3 Å². The Kier molecular flexibility index (Phi) is 5.01. The molecule has 1 fully saturated rings. The van der Waals surface area contributed by atoms with Crippen molar-refractivity contribution in [2.45, 2.75) is 46.6 Å². The lowest BCUT2D eigenvalue weighted by Gasteiger charge is -2.14. The summed E-state index contributed by atoms with van der Waals surface area (Å²) in [6.45, 7) is 10.9. The summed E-state index contributed by atoms with van der Waals surface area (Å²) in [6.07, 6.45) is 4.02. The molecule has 102 valence electrons.